The van der Waals surface area contributed by atoms with Crippen molar-refractivity contribution in [3.05, 3.63) is 95.3 Å². The molecule has 0 saturated heterocycles. The van der Waals surface area contributed by atoms with Crippen LogP contribution in [0.3, 0.4) is 0 Å². The van der Waals surface area contributed by atoms with E-state index in [1.54, 1.807) is 12.1 Å². The summed E-state index contributed by atoms with van der Waals surface area (Å²) in [7, 11) is 0. The molecule has 4 rings (SSSR count). The van der Waals surface area contributed by atoms with Crippen LogP contribution < -0.4 is 15.4 Å². The average molecular weight is 430 g/mol. The molecule has 0 radical (unpaired) electrons. The molecule has 8 heteroatoms. The summed E-state index contributed by atoms with van der Waals surface area (Å²) in [5.74, 6) is -1.52. The van der Waals surface area contributed by atoms with Gasteiger partial charge in [-0.3, -0.25) is 4.79 Å². The summed E-state index contributed by atoms with van der Waals surface area (Å²) < 4.78 is 55.1. The topological polar surface area (TPSA) is 50.4 Å². The molecule has 0 saturated carbocycles. The number of amides is 1. The van der Waals surface area contributed by atoms with Crippen molar-refractivity contribution >= 4 is 11.6 Å². The van der Waals surface area contributed by atoms with Gasteiger partial charge in [-0.15, -0.1) is 13.2 Å². The number of hydrogen-bond donors (Lipinski definition) is 2. The fourth-order valence-electron chi connectivity index (χ4n) is 3.75. The zero-order valence-corrected chi connectivity index (χ0v) is 16.1. The Hall–Kier alpha value is -3.55. The molecule has 3 aromatic carbocycles. The highest BCUT2D eigenvalue weighted by Crippen LogP contribution is 2.40. The standard InChI is InChI=1S/C23H18F4N2O2/c24-16-9-10-19-18(12-16)20(15-6-2-1-3-7-15)21(29-19)22(30)28-13-14-5-4-8-17(11-14)31-23(25,26)27/h1-12,20-21,29H,13H2,(H,28,30). The summed E-state index contributed by atoms with van der Waals surface area (Å²) in [5.41, 5.74) is 2.64. The SMILES string of the molecule is O=C(NCc1cccc(OC(F)(F)F)c1)C1Nc2ccc(F)cc2C1c1ccccc1. The predicted molar refractivity (Wildman–Crippen MR) is 107 cm³/mol. The highest BCUT2D eigenvalue weighted by Gasteiger charge is 2.38. The van der Waals surface area contributed by atoms with Crippen LogP contribution in [0.4, 0.5) is 23.2 Å². The molecule has 160 valence electrons. The van der Waals surface area contributed by atoms with Crippen LogP contribution in [0.15, 0.2) is 72.8 Å². The van der Waals surface area contributed by atoms with Gasteiger partial charge in [0.1, 0.15) is 17.6 Å². The van der Waals surface area contributed by atoms with E-state index in [-0.39, 0.29) is 18.2 Å². The Morgan fingerprint density at radius 2 is 1.77 bits per heavy atom. The Kier molecular flexibility index (Phi) is 5.54. The molecular weight excluding hydrogens is 412 g/mol. The summed E-state index contributed by atoms with van der Waals surface area (Å²) >= 11 is 0. The highest BCUT2D eigenvalue weighted by molar-refractivity contribution is 5.89. The van der Waals surface area contributed by atoms with Crippen molar-refractivity contribution in [2.75, 3.05) is 5.32 Å². The number of anilines is 1. The fraction of sp³-hybridized carbons (Fsp3) is 0.174. The van der Waals surface area contributed by atoms with Gasteiger partial charge in [-0.1, -0.05) is 42.5 Å². The maximum atomic E-state index is 13.9. The molecule has 0 aromatic heterocycles. The Morgan fingerprint density at radius 1 is 1.00 bits per heavy atom. The van der Waals surface area contributed by atoms with Gasteiger partial charge in [0.05, 0.1) is 0 Å². The van der Waals surface area contributed by atoms with Crippen LogP contribution in [0.1, 0.15) is 22.6 Å². The maximum Gasteiger partial charge on any atom is 0.573 e. The number of carbonyl (C=O) groups is 1. The Balaban J connectivity index is 1.52. The first-order valence-corrected chi connectivity index (χ1v) is 9.53. The Morgan fingerprint density at radius 3 is 2.52 bits per heavy atom. The lowest BCUT2D eigenvalue weighted by Gasteiger charge is -2.20. The molecule has 0 spiro atoms. The summed E-state index contributed by atoms with van der Waals surface area (Å²) in [4.78, 5) is 13.0. The number of rotatable bonds is 5. The molecule has 4 nitrogen and oxygen atoms in total. The minimum atomic E-state index is -4.79. The molecule has 2 N–H and O–H groups in total. The van der Waals surface area contributed by atoms with Crippen LogP contribution in [0, 0.1) is 5.82 Å². The van der Waals surface area contributed by atoms with Gasteiger partial charge >= 0.3 is 6.36 Å². The van der Waals surface area contributed by atoms with Crippen molar-refractivity contribution in [1.82, 2.24) is 5.32 Å². The molecule has 1 aliphatic heterocycles. The molecular formula is C23H18F4N2O2. The molecule has 0 aliphatic carbocycles. The summed E-state index contributed by atoms with van der Waals surface area (Å²) in [6.07, 6.45) is -4.79. The molecule has 31 heavy (non-hydrogen) atoms. The maximum absolute atomic E-state index is 13.9. The van der Waals surface area contributed by atoms with Crippen molar-refractivity contribution in [1.29, 1.82) is 0 Å². The van der Waals surface area contributed by atoms with Crippen LogP contribution >= 0.6 is 0 Å². The van der Waals surface area contributed by atoms with Gasteiger partial charge in [0.25, 0.3) is 0 Å². The van der Waals surface area contributed by atoms with Gasteiger partial charge in [-0.2, -0.15) is 0 Å². The molecule has 3 aromatic rings. The van der Waals surface area contributed by atoms with Gasteiger partial charge in [0.2, 0.25) is 5.91 Å². The van der Waals surface area contributed by atoms with Crippen molar-refractivity contribution in [2.45, 2.75) is 24.9 Å². The van der Waals surface area contributed by atoms with Crippen molar-refractivity contribution in [2.24, 2.45) is 0 Å². The zero-order valence-electron chi connectivity index (χ0n) is 16.1. The monoisotopic (exact) mass is 430 g/mol. The number of hydrogen-bond acceptors (Lipinski definition) is 3. The lowest BCUT2D eigenvalue weighted by atomic mass is 9.87. The van der Waals surface area contributed by atoms with E-state index in [1.165, 1.54) is 30.3 Å². The quantitative estimate of drug-likeness (QED) is 0.562. The minimum Gasteiger partial charge on any atom is -0.406 e. The number of nitrogens with one attached hydrogen (secondary N) is 2. The first-order chi connectivity index (χ1) is 14.8. The molecule has 1 aliphatic rings. The van der Waals surface area contributed by atoms with Crippen molar-refractivity contribution in [3.63, 3.8) is 0 Å². The second-order valence-electron chi connectivity index (χ2n) is 7.15. The number of carbonyl (C=O) groups excluding carboxylic acids is 1. The number of halogens is 4. The van der Waals surface area contributed by atoms with E-state index in [4.69, 9.17) is 0 Å². The molecule has 2 unspecified atom stereocenters. The zero-order chi connectivity index (χ0) is 22.0. The van der Waals surface area contributed by atoms with Crippen LogP contribution in [-0.2, 0) is 11.3 Å². The van der Waals surface area contributed by atoms with Gasteiger partial charge in [0.15, 0.2) is 0 Å². The molecule has 0 bridgehead atoms. The van der Waals surface area contributed by atoms with Gasteiger partial charge in [-0.05, 0) is 47.0 Å². The van der Waals surface area contributed by atoms with Crippen LogP contribution in [0.2, 0.25) is 0 Å². The van der Waals surface area contributed by atoms with Crippen LogP contribution in [-0.4, -0.2) is 18.3 Å². The third-order valence-corrected chi connectivity index (χ3v) is 5.03. The van der Waals surface area contributed by atoms with E-state index < -0.39 is 24.1 Å². The van der Waals surface area contributed by atoms with Crippen molar-refractivity contribution < 1.29 is 27.1 Å². The molecule has 0 fully saturated rings. The number of ether oxygens (including phenoxy) is 1. The van der Waals surface area contributed by atoms with Gasteiger partial charge in [0, 0.05) is 18.2 Å². The number of benzene rings is 3. The van der Waals surface area contributed by atoms with Crippen LogP contribution in [0.25, 0.3) is 0 Å². The second-order valence-corrected chi connectivity index (χ2v) is 7.15. The lowest BCUT2D eigenvalue weighted by molar-refractivity contribution is -0.274. The minimum absolute atomic E-state index is 0.0122. The highest BCUT2D eigenvalue weighted by atomic mass is 19.4. The lowest BCUT2D eigenvalue weighted by Crippen LogP contribution is -2.40. The van der Waals surface area contributed by atoms with E-state index in [0.717, 1.165) is 5.56 Å². The summed E-state index contributed by atoms with van der Waals surface area (Å²) in [6, 6.07) is 18.3. The molecule has 1 amide bonds. The van der Waals surface area contributed by atoms with E-state index in [2.05, 4.69) is 15.4 Å². The summed E-state index contributed by atoms with van der Waals surface area (Å²) in [5, 5.41) is 5.88. The number of alkyl halides is 3. The number of fused-ring (bicyclic) bond motifs is 1. The molecule has 2 atom stereocenters. The first-order valence-electron chi connectivity index (χ1n) is 9.53. The average Bonchev–Trinajstić information content (AvgIpc) is 3.10. The smallest absolute Gasteiger partial charge is 0.406 e. The normalized spacial score (nSPS) is 17.5. The predicted octanol–water partition coefficient (Wildman–Crippen LogP) is 4.97. The third-order valence-electron chi connectivity index (χ3n) is 5.03. The van der Waals surface area contributed by atoms with Gasteiger partial charge < -0.3 is 15.4 Å². The van der Waals surface area contributed by atoms with Crippen LogP contribution in [0.5, 0.6) is 5.75 Å². The van der Waals surface area contributed by atoms with E-state index in [0.29, 0.717) is 16.8 Å². The Labute approximate surface area is 175 Å². The largest absolute Gasteiger partial charge is 0.573 e. The molecule has 1 heterocycles. The van der Waals surface area contributed by atoms with E-state index in [1.807, 2.05) is 30.3 Å². The van der Waals surface area contributed by atoms with E-state index in [9.17, 15) is 22.4 Å². The second kappa shape index (κ2) is 8.29. The fourth-order valence-corrected chi connectivity index (χ4v) is 3.75. The Bertz CT molecular complexity index is 1090. The van der Waals surface area contributed by atoms with Crippen molar-refractivity contribution in [3.8, 4) is 5.75 Å². The van der Waals surface area contributed by atoms with Gasteiger partial charge in [-0.25, -0.2) is 4.39 Å². The first kappa shape index (κ1) is 20.7. The summed E-state index contributed by atoms with van der Waals surface area (Å²) in [6.45, 7) is 0.0122. The van der Waals surface area contributed by atoms with E-state index >= 15 is 0 Å². The third kappa shape index (κ3) is 4.79.